The van der Waals surface area contributed by atoms with Gasteiger partial charge in [-0.3, -0.25) is 0 Å². The Morgan fingerprint density at radius 3 is 2.57 bits per heavy atom. The summed E-state index contributed by atoms with van der Waals surface area (Å²) in [6, 6.07) is 11.9. The van der Waals surface area contributed by atoms with Gasteiger partial charge in [0.15, 0.2) is 5.13 Å². The number of aromatic nitrogens is 1. The van der Waals surface area contributed by atoms with E-state index >= 15 is 0 Å². The number of hydrogen-bond acceptors (Lipinski definition) is 4. The van der Waals surface area contributed by atoms with Gasteiger partial charge < -0.3 is 5.73 Å². The zero-order chi connectivity index (χ0) is 9.97. The van der Waals surface area contributed by atoms with E-state index in [2.05, 4.69) is 4.98 Å². The molecular formula is C10H8N2S2. The van der Waals surface area contributed by atoms with Gasteiger partial charge in [0.1, 0.15) is 4.64 Å². The minimum absolute atomic E-state index is 0.511. The molecule has 0 aliphatic rings. The third-order valence-electron chi connectivity index (χ3n) is 1.75. The molecule has 2 rings (SSSR count). The lowest BCUT2D eigenvalue weighted by Gasteiger charge is -2.00. The monoisotopic (exact) mass is 220 g/mol. The first-order valence-corrected chi connectivity index (χ1v) is 5.31. The molecule has 1 heterocycles. The Kier molecular flexibility index (Phi) is 2.56. The fraction of sp³-hybridized carbons (Fsp3) is 0. The molecule has 2 aromatic rings. The zero-order valence-corrected chi connectivity index (χ0v) is 8.94. The van der Waals surface area contributed by atoms with E-state index in [1.165, 1.54) is 11.3 Å². The zero-order valence-electron chi connectivity index (χ0n) is 7.31. The first-order chi connectivity index (χ1) is 6.75. The second kappa shape index (κ2) is 3.86. The maximum atomic E-state index is 5.64. The molecule has 0 atom stereocenters. The average molecular weight is 220 g/mol. The van der Waals surface area contributed by atoms with E-state index in [1.54, 1.807) is 0 Å². The normalized spacial score (nSPS) is 10.0. The Hall–Kier alpha value is -1.26. The summed E-state index contributed by atoms with van der Waals surface area (Å²) in [4.78, 5) is 5.03. The topological polar surface area (TPSA) is 38.9 Å². The van der Waals surface area contributed by atoms with Crippen molar-refractivity contribution in [1.82, 2.24) is 4.98 Å². The molecular weight excluding hydrogens is 212 g/mol. The third-order valence-corrected chi connectivity index (χ3v) is 2.83. The van der Waals surface area contributed by atoms with Gasteiger partial charge in [0.05, 0.1) is 0 Å². The highest BCUT2D eigenvalue weighted by Crippen LogP contribution is 2.25. The number of nitrogen functional groups attached to an aromatic ring is 1. The summed E-state index contributed by atoms with van der Waals surface area (Å²) in [5, 5.41) is 0.511. The van der Waals surface area contributed by atoms with E-state index in [0.717, 1.165) is 10.4 Å². The van der Waals surface area contributed by atoms with Crippen LogP contribution in [0, 0.1) is 4.64 Å². The van der Waals surface area contributed by atoms with Gasteiger partial charge in [0.25, 0.3) is 0 Å². The lowest BCUT2D eigenvalue weighted by atomic mass is 10.2. The van der Waals surface area contributed by atoms with Gasteiger partial charge in [0.2, 0.25) is 0 Å². The standard InChI is InChI=1S/C10H8N2S2/c11-10-12-9(13)6-8(14-10)7-4-2-1-3-5-7/h1-6H,(H2,11,12,13). The molecule has 0 aliphatic heterocycles. The van der Waals surface area contributed by atoms with Gasteiger partial charge >= 0.3 is 0 Å². The summed E-state index contributed by atoms with van der Waals surface area (Å²) >= 11 is 6.45. The van der Waals surface area contributed by atoms with Crippen LogP contribution in [0.2, 0.25) is 0 Å². The molecule has 2 N–H and O–H groups in total. The predicted molar refractivity (Wildman–Crippen MR) is 62.8 cm³/mol. The van der Waals surface area contributed by atoms with Crippen molar-refractivity contribution in [3.63, 3.8) is 0 Å². The van der Waals surface area contributed by atoms with Crippen LogP contribution in [-0.4, -0.2) is 4.98 Å². The lowest BCUT2D eigenvalue weighted by Crippen LogP contribution is -1.87. The number of anilines is 1. The van der Waals surface area contributed by atoms with E-state index in [0.29, 0.717) is 9.77 Å². The van der Waals surface area contributed by atoms with Crippen LogP contribution in [-0.2, 0) is 0 Å². The lowest BCUT2D eigenvalue weighted by molar-refractivity contribution is 1.36. The summed E-state index contributed by atoms with van der Waals surface area (Å²) in [5.41, 5.74) is 6.76. The second-order valence-electron chi connectivity index (χ2n) is 2.76. The summed E-state index contributed by atoms with van der Waals surface area (Å²) in [6.45, 7) is 0. The molecule has 0 fully saturated rings. The Labute approximate surface area is 91.1 Å². The number of nitrogens with two attached hydrogens (primary N) is 1. The van der Waals surface area contributed by atoms with Gasteiger partial charge in [-0.15, -0.1) is 0 Å². The van der Waals surface area contributed by atoms with Crippen molar-refractivity contribution in [2.75, 3.05) is 5.73 Å². The molecule has 14 heavy (non-hydrogen) atoms. The molecule has 0 amide bonds. The van der Waals surface area contributed by atoms with Crippen molar-refractivity contribution < 1.29 is 0 Å². The SMILES string of the molecule is Nc1nc(=S)cc(-c2ccccc2)s1. The molecule has 2 nitrogen and oxygen atoms in total. The van der Waals surface area contributed by atoms with Crippen molar-refractivity contribution in [1.29, 1.82) is 0 Å². The molecule has 0 unspecified atom stereocenters. The van der Waals surface area contributed by atoms with Gasteiger partial charge in [-0.05, 0) is 11.6 Å². The molecule has 0 bridgehead atoms. The highest BCUT2D eigenvalue weighted by atomic mass is 32.1. The highest BCUT2D eigenvalue weighted by molar-refractivity contribution is 7.71. The van der Waals surface area contributed by atoms with E-state index in [4.69, 9.17) is 18.0 Å². The number of nitrogens with zero attached hydrogens (tertiary/aromatic N) is 1. The van der Waals surface area contributed by atoms with Crippen LogP contribution in [0.25, 0.3) is 10.4 Å². The van der Waals surface area contributed by atoms with Crippen molar-refractivity contribution in [2.45, 2.75) is 0 Å². The predicted octanol–water partition coefficient (Wildman–Crippen LogP) is 3.12. The molecule has 1 aromatic carbocycles. The Morgan fingerprint density at radius 2 is 1.93 bits per heavy atom. The van der Waals surface area contributed by atoms with Gasteiger partial charge in [0, 0.05) is 4.88 Å². The maximum absolute atomic E-state index is 5.64. The second-order valence-corrected chi connectivity index (χ2v) is 4.25. The fourth-order valence-electron chi connectivity index (χ4n) is 1.16. The summed E-state index contributed by atoms with van der Waals surface area (Å²) in [6.07, 6.45) is 0. The van der Waals surface area contributed by atoms with Crippen LogP contribution in [0.15, 0.2) is 36.4 Å². The summed E-state index contributed by atoms with van der Waals surface area (Å²) in [5.74, 6) is 0. The molecule has 0 aliphatic carbocycles. The first-order valence-electron chi connectivity index (χ1n) is 4.09. The summed E-state index contributed by atoms with van der Waals surface area (Å²) in [7, 11) is 0. The van der Waals surface area contributed by atoms with E-state index in [-0.39, 0.29) is 0 Å². The molecule has 1 aromatic heterocycles. The quantitative estimate of drug-likeness (QED) is 0.750. The Balaban J connectivity index is 2.58. The Bertz CT molecular complexity index is 491. The van der Waals surface area contributed by atoms with Crippen LogP contribution >= 0.6 is 23.6 Å². The molecule has 0 saturated carbocycles. The summed E-state index contributed by atoms with van der Waals surface area (Å²) < 4.78 is 0.542. The van der Waals surface area contributed by atoms with Crippen molar-refractivity contribution >= 4 is 28.7 Å². The van der Waals surface area contributed by atoms with Crippen LogP contribution in [0.4, 0.5) is 5.13 Å². The van der Waals surface area contributed by atoms with Crippen molar-refractivity contribution in [3.05, 3.63) is 41.0 Å². The molecule has 0 saturated heterocycles. The largest absolute Gasteiger partial charge is 0.375 e. The average Bonchev–Trinajstić information content (AvgIpc) is 2.18. The van der Waals surface area contributed by atoms with Crippen LogP contribution in [0.1, 0.15) is 0 Å². The maximum Gasteiger partial charge on any atom is 0.181 e. The number of rotatable bonds is 1. The molecule has 0 spiro atoms. The number of hydrogen-bond donors (Lipinski definition) is 1. The van der Waals surface area contributed by atoms with Crippen LogP contribution in [0.3, 0.4) is 0 Å². The van der Waals surface area contributed by atoms with Crippen LogP contribution < -0.4 is 5.73 Å². The van der Waals surface area contributed by atoms with Gasteiger partial charge in [-0.2, -0.15) is 0 Å². The van der Waals surface area contributed by atoms with Crippen molar-refractivity contribution in [2.24, 2.45) is 0 Å². The van der Waals surface area contributed by atoms with Crippen LogP contribution in [0.5, 0.6) is 0 Å². The van der Waals surface area contributed by atoms with E-state index in [9.17, 15) is 0 Å². The highest BCUT2D eigenvalue weighted by Gasteiger charge is 1.99. The van der Waals surface area contributed by atoms with E-state index in [1.807, 2.05) is 36.4 Å². The molecule has 70 valence electrons. The number of benzene rings is 1. The van der Waals surface area contributed by atoms with Gasteiger partial charge in [-0.1, -0.05) is 53.9 Å². The van der Waals surface area contributed by atoms with Crippen molar-refractivity contribution in [3.8, 4) is 10.4 Å². The smallest absolute Gasteiger partial charge is 0.181 e. The van der Waals surface area contributed by atoms with E-state index < -0.39 is 0 Å². The minimum atomic E-state index is 0.511. The molecule has 4 heteroatoms. The van der Waals surface area contributed by atoms with Gasteiger partial charge in [-0.25, -0.2) is 4.98 Å². The third kappa shape index (κ3) is 1.97. The molecule has 0 radical (unpaired) electrons. The first kappa shape index (κ1) is 9.30. The Morgan fingerprint density at radius 1 is 1.21 bits per heavy atom. The fourth-order valence-corrected chi connectivity index (χ4v) is 2.31. The minimum Gasteiger partial charge on any atom is -0.375 e.